The molecule has 4 amide bonds. The molecule has 0 saturated carbocycles. The Morgan fingerprint density at radius 1 is 1.09 bits per heavy atom. The van der Waals surface area contributed by atoms with E-state index in [1.54, 1.807) is 54.6 Å². The van der Waals surface area contributed by atoms with E-state index < -0.39 is 35.9 Å². The van der Waals surface area contributed by atoms with E-state index in [-0.39, 0.29) is 17.2 Å². The van der Waals surface area contributed by atoms with Crippen molar-refractivity contribution in [1.29, 1.82) is 0 Å². The highest BCUT2D eigenvalue weighted by molar-refractivity contribution is 7.14. The van der Waals surface area contributed by atoms with E-state index in [0.717, 1.165) is 21.8 Å². The summed E-state index contributed by atoms with van der Waals surface area (Å²) in [5.74, 6) is -2.40. The Morgan fingerprint density at radius 3 is 2.38 bits per heavy atom. The summed E-state index contributed by atoms with van der Waals surface area (Å²) >= 11 is 0.944. The third-order valence-electron chi connectivity index (χ3n) is 4.94. The van der Waals surface area contributed by atoms with Crippen LogP contribution in [0, 0.1) is 0 Å². The molecule has 0 aliphatic carbocycles. The first kappa shape index (κ1) is 21.2. The normalized spacial score (nSPS) is 16.5. The average Bonchev–Trinajstić information content (AvgIpc) is 3.38. The van der Waals surface area contributed by atoms with Gasteiger partial charge < -0.3 is 15.7 Å². The van der Waals surface area contributed by atoms with Gasteiger partial charge in [0.2, 0.25) is 5.91 Å². The maximum Gasteiger partial charge on any atom is 0.355 e. The molecule has 2 heterocycles. The summed E-state index contributed by atoms with van der Waals surface area (Å²) in [6, 6.07) is 15.0. The molecule has 3 aromatic rings. The maximum absolute atomic E-state index is 13.2. The number of carboxylic acid groups (broad SMARTS) is 1. The second-order valence-corrected chi connectivity index (χ2v) is 7.90. The van der Waals surface area contributed by atoms with Gasteiger partial charge in [0, 0.05) is 11.8 Å². The van der Waals surface area contributed by atoms with Crippen molar-refractivity contribution in [2.45, 2.75) is 18.5 Å². The molecular weight excluding hydrogens is 432 g/mol. The van der Waals surface area contributed by atoms with Crippen molar-refractivity contribution in [2.75, 3.05) is 5.32 Å². The quantitative estimate of drug-likeness (QED) is 0.475. The summed E-state index contributed by atoms with van der Waals surface area (Å²) in [6.07, 6.45) is 0.0878. The topological polar surface area (TPSA) is 129 Å². The van der Waals surface area contributed by atoms with E-state index in [0.29, 0.717) is 5.56 Å². The van der Waals surface area contributed by atoms with Gasteiger partial charge in [0.15, 0.2) is 10.8 Å². The molecule has 2 atom stereocenters. The Hall–Kier alpha value is -4.05. The van der Waals surface area contributed by atoms with Crippen LogP contribution in [0.3, 0.4) is 0 Å². The lowest BCUT2D eigenvalue weighted by atomic mass is 10.0. The highest BCUT2D eigenvalue weighted by atomic mass is 32.1. The molecule has 1 saturated heterocycles. The van der Waals surface area contributed by atoms with Crippen LogP contribution in [0.1, 0.15) is 27.7 Å². The van der Waals surface area contributed by atoms with Crippen molar-refractivity contribution in [3.8, 4) is 0 Å². The first-order chi connectivity index (χ1) is 15.4. The van der Waals surface area contributed by atoms with Crippen LogP contribution in [-0.4, -0.2) is 44.8 Å². The molecule has 4 rings (SSSR count). The molecule has 10 heteroatoms. The number of aromatic nitrogens is 1. The molecular formula is C22H18N4O5S. The standard InChI is InChI=1S/C22H18N4O5S/c27-18(25-21-23-15(12-32-21)20(29)30)16(11-13-7-3-1-4-8-13)26-19(28)17(24-22(26)31)14-9-5-2-6-10-14/h1-10,12,16-17H,11H2,(H,24,31)(H,29,30)(H,23,25,27)/t16-,17?/m0/s1. The molecule has 1 aliphatic rings. The number of benzene rings is 2. The van der Waals surface area contributed by atoms with Gasteiger partial charge in [-0.25, -0.2) is 19.5 Å². The minimum Gasteiger partial charge on any atom is -0.476 e. The minimum atomic E-state index is -1.22. The lowest BCUT2D eigenvalue weighted by molar-refractivity contribution is -0.134. The summed E-state index contributed by atoms with van der Waals surface area (Å²) < 4.78 is 0. The van der Waals surface area contributed by atoms with Crippen LogP contribution in [0.15, 0.2) is 66.0 Å². The number of imide groups is 1. The summed E-state index contributed by atoms with van der Waals surface area (Å²) in [5, 5.41) is 15.6. The van der Waals surface area contributed by atoms with Gasteiger partial charge >= 0.3 is 12.0 Å². The van der Waals surface area contributed by atoms with Crippen LogP contribution in [0.25, 0.3) is 0 Å². The molecule has 1 aliphatic heterocycles. The molecule has 9 nitrogen and oxygen atoms in total. The van der Waals surface area contributed by atoms with Crippen molar-refractivity contribution in [3.63, 3.8) is 0 Å². The molecule has 3 N–H and O–H groups in total. The SMILES string of the molecule is O=C(O)c1csc(NC(=O)[C@H](Cc2ccccc2)N2C(=O)NC(c3ccccc3)C2=O)n1. The zero-order chi connectivity index (χ0) is 22.7. The number of carbonyl (C=O) groups excluding carboxylic acids is 3. The fourth-order valence-electron chi connectivity index (χ4n) is 3.42. The number of rotatable bonds is 7. The largest absolute Gasteiger partial charge is 0.476 e. The third kappa shape index (κ3) is 4.35. The summed E-state index contributed by atoms with van der Waals surface area (Å²) in [5.41, 5.74) is 1.16. The summed E-state index contributed by atoms with van der Waals surface area (Å²) in [6.45, 7) is 0. The van der Waals surface area contributed by atoms with Gasteiger partial charge in [0.1, 0.15) is 12.1 Å². The lowest BCUT2D eigenvalue weighted by Gasteiger charge is -2.24. The second kappa shape index (κ2) is 8.98. The predicted molar refractivity (Wildman–Crippen MR) is 116 cm³/mol. The highest BCUT2D eigenvalue weighted by Crippen LogP contribution is 2.26. The number of nitrogens with one attached hydrogen (secondary N) is 2. The van der Waals surface area contributed by atoms with Crippen LogP contribution in [0.5, 0.6) is 0 Å². The molecule has 32 heavy (non-hydrogen) atoms. The second-order valence-electron chi connectivity index (χ2n) is 7.04. The zero-order valence-electron chi connectivity index (χ0n) is 16.6. The van der Waals surface area contributed by atoms with Crippen LogP contribution < -0.4 is 10.6 Å². The van der Waals surface area contributed by atoms with E-state index in [1.165, 1.54) is 5.38 Å². The van der Waals surface area contributed by atoms with Crippen LogP contribution >= 0.6 is 11.3 Å². The van der Waals surface area contributed by atoms with Gasteiger partial charge in [-0.3, -0.25) is 9.59 Å². The average molecular weight is 450 g/mol. The van der Waals surface area contributed by atoms with Crippen molar-refractivity contribution >= 4 is 40.3 Å². The number of aromatic carboxylic acids is 1. The number of nitrogens with zero attached hydrogens (tertiary/aromatic N) is 2. The Kier molecular flexibility index (Phi) is 5.95. The smallest absolute Gasteiger partial charge is 0.355 e. The fraction of sp³-hybridized carbons (Fsp3) is 0.136. The van der Waals surface area contributed by atoms with Gasteiger partial charge in [0.05, 0.1) is 0 Å². The molecule has 162 valence electrons. The lowest BCUT2D eigenvalue weighted by Crippen LogP contribution is -2.49. The van der Waals surface area contributed by atoms with Gasteiger partial charge in [-0.05, 0) is 11.1 Å². The van der Waals surface area contributed by atoms with E-state index in [2.05, 4.69) is 15.6 Å². The highest BCUT2D eigenvalue weighted by Gasteiger charge is 2.45. The molecule has 0 bridgehead atoms. The minimum absolute atomic E-state index is 0.0668. The number of hydrogen-bond acceptors (Lipinski definition) is 6. The van der Waals surface area contributed by atoms with Crippen LogP contribution in [-0.2, 0) is 16.0 Å². The van der Waals surface area contributed by atoms with Gasteiger partial charge in [-0.1, -0.05) is 60.7 Å². The van der Waals surface area contributed by atoms with E-state index in [9.17, 15) is 19.2 Å². The monoisotopic (exact) mass is 450 g/mol. The molecule has 1 unspecified atom stereocenters. The van der Waals surface area contributed by atoms with E-state index in [1.807, 2.05) is 6.07 Å². The van der Waals surface area contributed by atoms with Gasteiger partial charge in [0.25, 0.3) is 5.91 Å². The van der Waals surface area contributed by atoms with Crippen molar-refractivity contribution < 1.29 is 24.3 Å². The third-order valence-corrected chi connectivity index (χ3v) is 5.70. The number of urea groups is 1. The van der Waals surface area contributed by atoms with Crippen molar-refractivity contribution in [1.82, 2.24) is 15.2 Å². The number of amides is 4. The van der Waals surface area contributed by atoms with Crippen molar-refractivity contribution in [2.24, 2.45) is 0 Å². The number of thiazole rings is 1. The number of carboxylic acids is 1. The Bertz CT molecular complexity index is 1170. The molecule has 0 radical (unpaired) electrons. The van der Waals surface area contributed by atoms with Crippen LogP contribution in [0.4, 0.5) is 9.93 Å². The van der Waals surface area contributed by atoms with Gasteiger partial charge in [-0.2, -0.15) is 0 Å². The molecule has 2 aromatic carbocycles. The van der Waals surface area contributed by atoms with Crippen LogP contribution in [0.2, 0.25) is 0 Å². The Balaban J connectivity index is 1.62. The first-order valence-corrected chi connectivity index (χ1v) is 10.5. The maximum atomic E-state index is 13.2. The molecule has 1 fully saturated rings. The van der Waals surface area contributed by atoms with Gasteiger partial charge in [-0.15, -0.1) is 11.3 Å². The zero-order valence-corrected chi connectivity index (χ0v) is 17.4. The van der Waals surface area contributed by atoms with Crippen molar-refractivity contribution in [3.05, 3.63) is 82.9 Å². The number of hydrogen-bond donors (Lipinski definition) is 3. The molecule has 1 aromatic heterocycles. The summed E-state index contributed by atoms with van der Waals surface area (Å²) in [4.78, 5) is 54.9. The van der Waals surface area contributed by atoms with E-state index in [4.69, 9.17) is 5.11 Å². The fourth-order valence-corrected chi connectivity index (χ4v) is 4.10. The predicted octanol–water partition coefficient (Wildman–Crippen LogP) is 2.68. The van der Waals surface area contributed by atoms with E-state index >= 15 is 0 Å². The first-order valence-electron chi connectivity index (χ1n) is 9.66. The Labute approximate surface area is 186 Å². The molecule has 0 spiro atoms. The number of carbonyl (C=O) groups is 4. The Morgan fingerprint density at radius 2 is 1.75 bits per heavy atom. The number of anilines is 1. The summed E-state index contributed by atoms with van der Waals surface area (Å²) in [7, 11) is 0.